The van der Waals surface area contributed by atoms with Crippen LogP contribution in [0.2, 0.25) is 15.1 Å². The zero-order valence-electron chi connectivity index (χ0n) is 12.4. The third-order valence-electron chi connectivity index (χ3n) is 3.05. The fourth-order valence-corrected chi connectivity index (χ4v) is 2.73. The molecule has 2 amide bonds. The number of anilines is 2. The fraction of sp³-hybridized carbons (Fsp3) is 0.0667. The van der Waals surface area contributed by atoms with Crippen LogP contribution in [0.3, 0.4) is 0 Å². The SMILES string of the molecule is O=C(Nc1ccc(Cl)c(C(F)(F)F)c1)Nc1c(Cl)cc(Cl)cc1C(=O)O. The van der Waals surface area contributed by atoms with Crippen LogP contribution in [0.5, 0.6) is 0 Å². The topological polar surface area (TPSA) is 78.4 Å². The van der Waals surface area contributed by atoms with Gasteiger partial charge in [-0.1, -0.05) is 34.8 Å². The third kappa shape index (κ3) is 4.72. The highest BCUT2D eigenvalue weighted by Crippen LogP contribution is 2.36. The van der Waals surface area contributed by atoms with Crippen LogP contribution in [0.1, 0.15) is 15.9 Å². The highest BCUT2D eigenvalue weighted by molar-refractivity contribution is 6.38. The molecular formula is C15H8Cl3F3N2O3. The Labute approximate surface area is 159 Å². The molecule has 26 heavy (non-hydrogen) atoms. The maximum Gasteiger partial charge on any atom is 0.417 e. The van der Waals surface area contributed by atoms with E-state index in [1.165, 1.54) is 6.07 Å². The Kier molecular flexibility index (Phi) is 5.90. The number of urea groups is 1. The number of aromatic carboxylic acids is 1. The first-order chi connectivity index (χ1) is 12.0. The first-order valence-corrected chi connectivity index (χ1v) is 7.79. The lowest BCUT2D eigenvalue weighted by Crippen LogP contribution is -2.21. The monoisotopic (exact) mass is 426 g/mol. The Hall–Kier alpha value is -2.16. The van der Waals surface area contributed by atoms with Crippen molar-refractivity contribution < 1.29 is 27.9 Å². The summed E-state index contributed by atoms with van der Waals surface area (Å²) < 4.78 is 38.5. The van der Waals surface area contributed by atoms with E-state index in [-0.39, 0.29) is 27.0 Å². The second kappa shape index (κ2) is 7.61. The molecule has 138 valence electrons. The van der Waals surface area contributed by atoms with Crippen molar-refractivity contribution in [1.82, 2.24) is 0 Å². The van der Waals surface area contributed by atoms with Gasteiger partial charge in [0.15, 0.2) is 0 Å². The Balaban J connectivity index is 2.27. The van der Waals surface area contributed by atoms with E-state index >= 15 is 0 Å². The quantitative estimate of drug-likeness (QED) is 0.561. The van der Waals surface area contributed by atoms with E-state index < -0.39 is 28.8 Å². The second-order valence-electron chi connectivity index (χ2n) is 4.89. The summed E-state index contributed by atoms with van der Waals surface area (Å²) in [6, 6.07) is 4.03. The van der Waals surface area contributed by atoms with Crippen molar-refractivity contribution in [2.45, 2.75) is 6.18 Å². The number of halogens is 6. The van der Waals surface area contributed by atoms with Gasteiger partial charge >= 0.3 is 18.2 Å². The van der Waals surface area contributed by atoms with Crippen molar-refractivity contribution >= 4 is 58.2 Å². The number of rotatable bonds is 3. The molecule has 0 heterocycles. The van der Waals surface area contributed by atoms with Gasteiger partial charge in [-0.15, -0.1) is 0 Å². The van der Waals surface area contributed by atoms with Crippen LogP contribution in [0.4, 0.5) is 29.3 Å². The largest absolute Gasteiger partial charge is 0.478 e. The van der Waals surface area contributed by atoms with Crippen molar-refractivity contribution in [3.05, 3.63) is 56.5 Å². The van der Waals surface area contributed by atoms with Crippen molar-refractivity contribution in [3.8, 4) is 0 Å². The lowest BCUT2D eigenvalue weighted by atomic mass is 10.1. The number of hydrogen-bond acceptors (Lipinski definition) is 2. The normalized spacial score (nSPS) is 11.2. The fourth-order valence-electron chi connectivity index (χ4n) is 1.97. The molecule has 0 spiro atoms. The van der Waals surface area contributed by atoms with Gasteiger partial charge in [-0.25, -0.2) is 9.59 Å². The average Bonchev–Trinajstić information content (AvgIpc) is 2.50. The zero-order valence-corrected chi connectivity index (χ0v) is 14.7. The number of carbonyl (C=O) groups is 2. The van der Waals surface area contributed by atoms with Crippen LogP contribution in [-0.2, 0) is 6.18 Å². The van der Waals surface area contributed by atoms with Crippen LogP contribution in [0.25, 0.3) is 0 Å². The summed E-state index contributed by atoms with van der Waals surface area (Å²) >= 11 is 17.1. The van der Waals surface area contributed by atoms with E-state index in [1.807, 2.05) is 0 Å². The van der Waals surface area contributed by atoms with E-state index in [4.69, 9.17) is 39.9 Å². The lowest BCUT2D eigenvalue weighted by molar-refractivity contribution is -0.137. The average molecular weight is 428 g/mol. The number of benzene rings is 2. The summed E-state index contributed by atoms with van der Waals surface area (Å²) in [6.07, 6.45) is -4.71. The molecule has 2 aromatic rings. The molecule has 0 aliphatic heterocycles. The molecule has 0 atom stereocenters. The molecule has 0 bridgehead atoms. The smallest absolute Gasteiger partial charge is 0.417 e. The number of amides is 2. The first-order valence-electron chi connectivity index (χ1n) is 6.66. The molecule has 0 aliphatic rings. The summed E-state index contributed by atoms with van der Waals surface area (Å²) in [5.74, 6) is -1.41. The first kappa shape index (κ1) is 20.2. The van der Waals surface area contributed by atoms with Gasteiger partial charge in [0.1, 0.15) is 0 Å². The molecule has 0 unspecified atom stereocenters. The highest BCUT2D eigenvalue weighted by atomic mass is 35.5. The minimum Gasteiger partial charge on any atom is -0.478 e. The highest BCUT2D eigenvalue weighted by Gasteiger charge is 2.33. The minimum absolute atomic E-state index is 0.0332. The van der Waals surface area contributed by atoms with Gasteiger partial charge in [0.2, 0.25) is 0 Å². The zero-order chi connectivity index (χ0) is 19.6. The maximum atomic E-state index is 12.8. The van der Waals surface area contributed by atoms with E-state index in [1.54, 1.807) is 0 Å². The van der Waals surface area contributed by atoms with E-state index in [0.29, 0.717) is 6.07 Å². The van der Waals surface area contributed by atoms with Gasteiger partial charge in [-0.3, -0.25) is 0 Å². The molecule has 0 fully saturated rings. The third-order valence-corrected chi connectivity index (χ3v) is 3.90. The number of carboxylic acids is 1. The molecule has 0 saturated carbocycles. The van der Waals surface area contributed by atoms with E-state index in [0.717, 1.165) is 18.2 Å². The molecule has 2 aromatic carbocycles. The standard InChI is InChI=1S/C15H8Cl3F3N2O3/c16-6-3-8(13(24)25)12(11(18)4-6)23-14(26)22-7-1-2-10(17)9(5-7)15(19,20)21/h1-5H,(H,24,25)(H2,22,23,26). The Morgan fingerprint density at radius 3 is 2.19 bits per heavy atom. The van der Waals surface area contributed by atoms with Crippen LogP contribution in [0, 0.1) is 0 Å². The molecule has 11 heteroatoms. The summed E-state index contributed by atoms with van der Waals surface area (Å²) in [5.41, 5.74) is -1.98. The Morgan fingerprint density at radius 2 is 1.62 bits per heavy atom. The number of carboxylic acid groups (broad SMARTS) is 1. The maximum absolute atomic E-state index is 12.8. The number of alkyl halides is 3. The summed E-state index contributed by atoms with van der Waals surface area (Å²) in [6.45, 7) is 0. The van der Waals surface area contributed by atoms with Crippen molar-refractivity contribution in [2.24, 2.45) is 0 Å². The Morgan fingerprint density at radius 1 is 0.962 bits per heavy atom. The lowest BCUT2D eigenvalue weighted by Gasteiger charge is -2.14. The van der Waals surface area contributed by atoms with Crippen LogP contribution in [0.15, 0.2) is 30.3 Å². The predicted molar refractivity (Wildman–Crippen MR) is 92.5 cm³/mol. The number of carbonyl (C=O) groups excluding carboxylic acids is 1. The van der Waals surface area contributed by atoms with Gasteiger partial charge in [-0.2, -0.15) is 13.2 Å². The van der Waals surface area contributed by atoms with Gasteiger partial charge < -0.3 is 15.7 Å². The van der Waals surface area contributed by atoms with Gasteiger partial charge in [0.05, 0.1) is 26.9 Å². The molecule has 0 saturated heterocycles. The predicted octanol–water partition coefficient (Wildman–Crippen LogP) is 6.01. The Bertz CT molecular complexity index is 888. The van der Waals surface area contributed by atoms with E-state index in [2.05, 4.69) is 10.6 Å². The summed E-state index contributed by atoms with van der Waals surface area (Å²) in [4.78, 5) is 23.2. The molecule has 0 aliphatic carbocycles. The minimum atomic E-state index is -4.71. The van der Waals surface area contributed by atoms with Crippen LogP contribution < -0.4 is 10.6 Å². The van der Waals surface area contributed by atoms with Crippen LogP contribution in [-0.4, -0.2) is 17.1 Å². The van der Waals surface area contributed by atoms with Crippen molar-refractivity contribution in [3.63, 3.8) is 0 Å². The summed E-state index contributed by atoms with van der Waals surface area (Å²) in [7, 11) is 0. The molecule has 0 aromatic heterocycles. The van der Waals surface area contributed by atoms with E-state index in [9.17, 15) is 22.8 Å². The number of hydrogen-bond donors (Lipinski definition) is 3. The van der Waals surface area contributed by atoms with Crippen molar-refractivity contribution in [1.29, 1.82) is 0 Å². The van der Waals surface area contributed by atoms with Gasteiger partial charge in [0, 0.05) is 10.7 Å². The second-order valence-corrected chi connectivity index (χ2v) is 6.14. The molecular weight excluding hydrogens is 420 g/mol. The number of nitrogens with one attached hydrogen (secondary N) is 2. The molecule has 3 N–H and O–H groups in total. The molecule has 2 rings (SSSR count). The van der Waals surface area contributed by atoms with Gasteiger partial charge in [-0.05, 0) is 30.3 Å². The van der Waals surface area contributed by atoms with Gasteiger partial charge in [0.25, 0.3) is 0 Å². The molecule has 0 radical (unpaired) electrons. The van der Waals surface area contributed by atoms with Crippen LogP contribution >= 0.6 is 34.8 Å². The molecule has 5 nitrogen and oxygen atoms in total. The summed E-state index contributed by atoms with van der Waals surface area (Å²) in [5, 5.41) is 12.8. The van der Waals surface area contributed by atoms with Crippen molar-refractivity contribution in [2.75, 3.05) is 10.6 Å².